The predicted octanol–water partition coefficient (Wildman–Crippen LogP) is 4.04. The van der Waals surface area contributed by atoms with Crippen molar-refractivity contribution in [3.63, 3.8) is 0 Å². The van der Waals surface area contributed by atoms with Gasteiger partial charge >= 0.3 is 0 Å². The Bertz CT molecular complexity index is 1040. The van der Waals surface area contributed by atoms with Crippen molar-refractivity contribution in [2.75, 3.05) is 31.1 Å². The van der Waals surface area contributed by atoms with Gasteiger partial charge in [-0.3, -0.25) is 4.79 Å². The minimum Gasteiger partial charge on any atom is -0.353 e. The third kappa shape index (κ3) is 4.05. The molecular weight excluding hydrogens is 398 g/mol. The largest absolute Gasteiger partial charge is 0.353 e. The number of rotatable bonds is 3. The predicted molar refractivity (Wildman–Crippen MR) is 107 cm³/mol. The van der Waals surface area contributed by atoms with Gasteiger partial charge < -0.3 is 9.80 Å². The molecule has 0 spiro atoms. The van der Waals surface area contributed by atoms with Crippen LogP contribution in [-0.2, 0) is 0 Å². The minimum absolute atomic E-state index is 0.0348. The summed E-state index contributed by atoms with van der Waals surface area (Å²) in [5.41, 5.74) is 0.892. The van der Waals surface area contributed by atoms with Gasteiger partial charge in [0.2, 0.25) is 0 Å². The zero-order chi connectivity index (χ0) is 20.4. The summed E-state index contributed by atoms with van der Waals surface area (Å²) in [5.74, 6) is -1.17. The SMILES string of the molecule is O=C(c1cc(F)c(F)cc1Cl)N1CCN(c2ccnc(-c3ccccc3)n2)CC1. The van der Waals surface area contributed by atoms with E-state index in [4.69, 9.17) is 11.6 Å². The van der Waals surface area contributed by atoms with E-state index in [-0.39, 0.29) is 10.6 Å². The van der Waals surface area contributed by atoms with Crippen LogP contribution in [0, 0.1) is 11.6 Å². The highest BCUT2D eigenvalue weighted by Gasteiger charge is 2.25. The number of amides is 1. The fraction of sp³-hybridized carbons (Fsp3) is 0.190. The first-order valence-corrected chi connectivity index (χ1v) is 9.48. The van der Waals surface area contributed by atoms with Gasteiger partial charge in [-0.05, 0) is 18.2 Å². The molecular formula is C21H17ClF2N4O. The van der Waals surface area contributed by atoms with Crippen molar-refractivity contribution in [3.05, 3.63) is 76.9 Å². The zero-order valence-corrected chi connectivity index (χ0v) is 16.1. The molecule has 1 aliphatic rings. The number of aromatic nitrogens is 2. The molecule has 1 saturated heterocycles. The standard InChI is InChI=1S/C21H17ClF2N4O/c22-16-13-18(24)17(23)12-15(16)21(29)28-10-8-27(9-11-28)19-6-7-25-20(26-19)14-4-2-1-3-5-14/h1-7,12-13H,8-11H2. The van der Waals surface area contributed by atoms with E-state index in [9.17, 15) is 13.6 Å². The van der Waals surface area contributed by atoms with Crippen molar-refractivity contribution in [3.8, 4) is 11.4 Å². The summed E-state index contributed by atoms with van der Waals surface area (Å²) in [6.45, 7) is 1.94. The lowest BCUT2D eigenvalue weighted by molar-refractivity contribution is 0.0746. The molecule has 4 rings (SSSR count). The first-order chi connectivity index (χ1) is 14.0. The van der Waals surface area contributed by atoms with Gasteiger partial charge in [0.15, 0.2) is 17.5 Å². The van der Waals surface area contributed by atoms with E-state index in [0.717, 1.165) is 23.5 Å². The zero-order valence-electron chi connectivity index (χ0n) is 15.4. The van der Waals surface area contributed by atoms with Crippen molar-refractivity contribution in [1.29, 1.82) is 0 Å². The van der Waals surface area contributed by atoms with E-state index < -0.39 is 17.5 Å². The van der Waals surface area contributed by atoms with Crippen LogP contribution in [0.4, 0.5) is 14.6 Å². The van der Waals surface area contributed by atoms with E-state index in [1.165, 1.54) is 0 Å². The lowest BCUT2D eigenvalue weighted by Gasteiger charge is -2.35. The Labute approximate surface area is 171 Å². The third-order valence-electron chi connectivity index (χ3n) is 4.80. The number of benzene rings is 2. The van der Waals surface area contributed by atoms with Crippen molar-refractivity contribution < 1.29 is 13.6 Å². The average molecular weight is 415 g/mol. The molecule has 2 heterocycles. The van der Waals surface area contributed by atoms with E-state index >= 15 is 0 Å². The van der Waals surface area contributed by atoms with Crippen LogP contribution in [0.1, 0.15) is 10.4 Å². The summed E-state index contributed by atoms with van der Waals surface area (Å²) in [7, 11) is 0. The number of piperazine rings is 1. The Kier molecular flexibility index (Phi) is 5.40. The van der Waals surface area contributed by atoms with E-state index in [2.05, 4.69) is 14.9 Å². The number of halogens is 3. The molecule has 0 aliphatic carbocycles. The lowest BCUT2D eigenvalue weighted by Crippen LogP contribution is -2.49. The quantitative estimate of drug-likeness (QED) is 0.607. The molecule has 0 N–H and O–H groups in total. The second kappa shape index (κ2) is 8.13. The molecule has 0 bridgehead atoms. The van der Waals surface area contributed by atoms with Crippen molar-refractivity contribution >= 4 is 23.3 Å². The van der Waals surface area contributed by atoms with Gasteiger partial charge in [-0.15, -0.1) is 0 Å². The Hall–Kier alpha value is -3.06. The van der Waals surface area contributed by atoms with Crippen LogP contribution < -0.4 is 4.90 Å². The number of nitrogens with zero attached hydrogens (tertiary/aromatic N) is 4. The normalized spacial score (nSPS) is 14.2. The number of hydrogen-bond donors (Lipinski definition) is 0. The van der Waals surface area contributed by atoms with Gasteiger partial charge in [0.05, 0.1) is 10.6 Å². The first-order valence-electron chi connectivity index (χ1n) is 9.10. The molecule has 8 heteroatoms. The molecule has 0 atom stereocenters. The van der Waals surface area contributed by atoms with Crippen LogP contribution in [0.15, 0.2) is 54.7 Å². The highest BCUT2D eigenvalue weighted by molar-refractivity contribution is 6.33. The highest BCUT2D eigenvalue weighted by atomic mass is 35.5. The molecule has 29 heavy (non-hydrogen) atoms. The van der Waals surface area contributed by atoms with Crippen LogP contribution in [0.5, 0.6) is 0 Å². The Morgan fingerprint density at radius 1 is 0.966 bits per heavy atom. The molecule has 1 aromatic heterocycles. The molecule has 1 fully saturated rings. The fourth-order valence-electron chi connectivity index (χ4n) is 3.25. The second-order valence-electron chi connectivity index (χ2n) is 6.63. The summed E-state index contributed by atoms with van der Waals surface area (Å²) in [5, 5.41) is -0.0976. The Morgan fingerprint density at radius 3 is 2.38 bits per heavy atom. The van der Waals surface area contributed by atoms with Gasteiger partial charge in [0.1, 0.15) is 5.82 Å². The fourth-order valence-corrected chi connectivity index (χ4v) is 3.48. The van der Waals surface area contributed by atoms with E-state index in [0.29, 0.717) is 32.0 Å². The Balaban J connectivity index is 1.46. The number of carbonyl (C=O) groups excluding carboxylic acids is 1. The Morgan fingerprint density at radius 2 is 1.66 bits per heavy atom. The van der Waals surface area contributed by atoms with Crippen LogP contribution in [0.3, 0.4) is 0 Å². The summed E-state index contributed by atoms with van der Waals surface area (Å²) in [4.78, 5) is 25.3. The van der Waals surface area contributed by atoms with E-state index in [1.54, 1.807) is 11.1 Å². The minimum atomic E-state index is -1.09. The lowest BCUT2D eigenvalue weighted by atomic mass is 10.1. The molecule has 3 aromatic rings. The number of carbonyl (C=O) groups is 1. The smallest absolute Gasteiger partial charge is 0.255 e. The number of anilines is 1. The summed E-state index contributed by atoms with van der Waals surface area (Å²) in [6.07, 6.45) is 1.71. The van der Waals surface area contributed by atoms with Gasteiger partial charge in [0, 0.05) is 37.9 Å². The molecule has 1 amide bonds. The van der Waals surface area contributed by atoms with Crippen molar-refractivity contribution in [2.24, 2.45) is 0 Å². The van der Waals surface area contributed by atoms with Crippen LogP contribution >= 0.6 is 11.6 Å². The first kappa shape index (κ1) is 19.3. The monoisotopic (exact) mass is 414 g/mol. The molecule has 0 radical (unpaired) electrons. The molecule has 0 saturated carbocycles. The van der Waals surface area contributed by atoms with Crippen LogP contribution in [0.25, 0.3) is 11.4 Å². The van der Waals surface area contributed by atoms with Crippen LogP contribution in [-0.4, -0.2) is 47.0 Å². The van der Waals surface area contributed by atoms with Crippen molar-refractivity contribution in [1.82, 2.24) is 14.9 Å². The highest BCUT2D eigenvalue weighted by Crippen LogP contribution is 2.23. The van der Waals surface area contributed by atoms with Gasteiger partial charge in [-0.1, -0.05) is 41.9 Å². The molecule has 148 valence electrons. The van der Waals surface area contributed by atoms with Gasteiger partial charge in [-0.25, -0.2) is 18.7 Å². The van der Waals surface area contributed by atoms with Gasteiger partial charge in [-0.2, -0.15) is 0 Å². The average Bonchev–Trinajstić information content (AvgIpc) is 2.77. The molecule has 0 unspecified atom stereocenters. The molecule has 5 nitrogen and oxygen atoms in total. The van der Waals surface area contributed by atoms with Crippen LogP contribution in [0.2, 0.25) is 5.02 Å². The molecule has 2 aromatic carbocycles. The summed E-state index contributed by atoms with van der Waals surface area (Å²) >= 11 is 5.93. The maximum absolute atomic E-state index is 13.5. The topological polar surface area (TPSA) is 49.3 Å². The summed E-state index contributed by atoms with van der Waals surface area (Å²) < 4.78 is 26.8. The number of hydrogen-bond acceptors (Lipinski definition) is 4. The third-order valence-corrected chi connectivity index (χ3v) is 5.12. The second-order valence-corrected chi connectivity index (χ2v) is 7.04. The summed E-state index contributed by atoms with van der Waals surface area (Å²) in [6, 6.07) is 13.2. The maximum atomic E-state index is 13.5. The van der Waals surface area contributed by atoms with Crippen molar-refractivity contribution in [2.45, 2.75) is 0 Å². The van der Waals surface area contributed by atoms with Gasteiger partial charge in [0.25, 0.3) is 5.91 Å². The van der Waals surface area contributed by atoms with E-state index in [1.807, 2.05) is 36.4 Å². The molecule has 1 aliphatic heterocycles. The maximum Gasteiger partial charge on any atom is 0.255 e.